The maximum absolute atomic E-state index is 12.8. The van der Waals surface area contributed by atoms with Gasteiger partial charge in [0.1, 0.15) is 0 Å². The molecule has 1 unspecified atom stereocenters. The van der Waals surface area contributed by atoms with Crippen LogP contribution in [-0.2, 0) is 11.2 Å². The van der Waals surface area contributed by atoms with Crippen LogP contribution in [-0.4, -0.2) is 72.5 Å². The predicted octanol–water partition coefficient (Wildman–Crippen LogP) is 2.80. The Kier molecular flexibility index (Phi) is 6.25. The largest absolute Gasteiger partial charge is 0.335 e. The van der Waals surface area contributed by atoms with E-state index in [2.05, 4.69) is 52.3 Å². The molecule has 0 saturated carbocycles. The average molecular weight is 368 g/mol. The topological polar surface area (TPSA) is 26.8 Å². The molecule has 0 aliphatic carbocycles. The highest BCUT2D eigenvalue weighted by molar-refractivity contribution is 5.79. The van der Waals surface area contributed by atoms with Gasteiger partial charge in [0.2, 0.25) is 5.91 Å². The van der Waals surface area contributed by atoms with Crippen molar-refractivity contribution in [3.63, 3.8) is 0 Å². The van der Waals surface area contributed by atoms with Gasteiger partial charge in [-0.25, -0.2) is 0 Å². The summed E-state index contributed by atoms with van der Waals surface area (Å²) < 4.78 is 0. The minimum absolute atomic E-state index is 0.217. The number of hydrogen-bond acceptors (Lipinski definition) is 3. The van der Waals surface area contributed by atoms with Crippen LogP contribution >= 0.6 is 0 Å². The summed E-state index contributed by atoms with van der Waals surface area (Å²) in [5.41, 5.74) is 1.44. The van der Waals surface area contributed by atoms with Crippen LogP contribution in [0.4, 0.5) is 0 Å². The van der Waals surface area contributed by atoms with Crippen LogP contribution in [0.15, 0.2) is 42.5 Å². The summed E-state index contributed by atoms with van der Waals surface area (Å²) in [5.74, 6) is 0.597. The maximum Gasteiger partial charge on any atom is 0.227 e. The van der Waals surface area contributed by atoms with Crippen molar-refractivity contribution in [3.05, 3.63) is 48.0 Å². The molecule has 4 rings (SSSR count). The van der Waals surface area contributed by atoms with Crippen molar-refractivity contribution in [2.24, 2.45) is 5.92 Å². The summed E-state index contributed by atoms with van der Waals surface area (Å²) in [6, 6.07) is 11.5. The molecular weight excluding hydrogens is 334 g/mol. The van der Waals surface area contributed by atoms with Crippen molar-refractivity contribution in [1.82, 2.24) is 14.7 Å². The summed E-state index contributed by atoms with van der Waals surface area (Å²) >= 11 is 0. The Morgan fingerprint density at radius 3 is 2.44 bits per heavy atom. The number of benzene rings is 1. The first-order valence-corrected chi connectivity index (χ1v) is 10.7. The maximum atomic E-state index is 12.8. The van der Waals surface area contributed by atoms with Crippen LogP contribution in [0, 0.1) is 5.92 Å². The highest BCUT2D eigenvalue weighted by Gasteiger charge is 2.33. The lowest BCUT2D eigenvalue weighted by Gasteiger charge is -2.42. The van der Waals surface area contributed by atoms with Crippen LogP contribution in [0.25, 0.3) is 0 Å². The Morgan fingerprint density at radius 2 is 1.70 bits per heavy atom. The molecule has 0 radical (unpaired) electrons. The second-order valence-electron chi connectivity index (χ2n) is 8.36. The monoisotopic (exact) mass is 367 g/mol. The number of amides is 1. The highest BCUT2D eigenvalue weighted by atomic mass is 16.2. The summed E-state index contributed by atoms with van der Waals surface area (Å²) in [7, 11) is 0. The summed E-state index contributed by atoms with van der Waals surface area (Å²) in [4.78, 5) is 20.0. The van der Waals surface area contributed by atoms with Gasteiger partial charge in [-0.2, -0.15) is 0 Å². The van der Waals surface area contributed by atoms with Crippen molar-refractivity contribution < 1.29 is 4.79 Å². The van der Waals surface area contributed by atoms with E-state index >= 15 is 0 Å². The number of hydrogen-bond donors (Lipinski definition) is 0. The Hall–Kier alpha value is -1.65. The number of rotatable bonds is 5. The lowest BCUT2D eigenvalue weighted by Crippen LogP contribution is -2.51. The lowest BCUT2D eigenvalue weighted by molar-refractivity contribution is -0.136. The average Bonchev–Trinajstić information content (AvgIpc) is 3.28. The Balaban J connectivity index is 1.22. The molecule has 2 fully saturated rings. The van der Waals surface area contributed by atoms with Gasteiger partial charge >= 0.3 is 0 Å². The third-order valence-electron chi connectivity index (χ3n) is 6.57. The zero-order valence-electron chi connectivity index (χ0n) is 16.4. The van der Waals surface area contributed by atoms with Gasteiger partial charge < -0.3 is 9.80 Å². The summed E-state index contributed by atoms with van der Waals surface area (Å²) in [5, 5.41) is 0. The van der Waals surface area contributed by atoms with E-state index in [1.54, 1.807) is 0 Å². The first-order chi connectivity index (χ1) is 13.3. The van der Waals surface area contributed by atoms with Crippen LogP contribution in [0.2, 0.25) is 0 Å². The fourth-order valence-electron chi connectivity index (χ4n) is 4.90. The normalized spacial score (nSPS) is 25.2. The quantitative estimate of drug-likeness (QED) is 0.749. The molecule has 1 aromatic carbocycles. The number of carbonyl (C=O) groups excluding carboxylic acids is 1. The minimum atomic E-state index is 0.217. The van der Waals surface area contributed by atoms with Gasteiger partial charge in [-0.05, 0) is 57.3 Å². The molecule has 1 aromatic rings. The van der Waals surface area contributed by atoms with Crippen molar-refractivity contribution in [2.75, 3.05) is 45.8 Å². The Bertz CT molecular complexity index is 628. The number of nitrogens with zero attached hydrogens (tertiary/aromatic N) is 3. The molecule has 1 atom stereocenters. The molecule has 0 N–H and O–H groups in total. The van der Waals surface area contributed by atoms with Crippen molar-refractivity contribution >= 4 is 5.91 Å². The van der Waals surface area contributed by atoms with Crippen molar-refractivity contribution in [3.8, 4) is 0 Å². The molecule has 3 aliphatic rings. The molecular formula is C23H33N3O. The van der Waals surface area contributed by atoms with Crippen LogP contribution < -0.4 is 0 Å². The summed E-state index contributed by atoms with van der Waals surface area (Å²) in [6.45, 7) is 7.34. The molecule has 4 nitrogen and oxygen atoms in total. The fourth-order valence-corrected chi connectivity index (χ4v) is 4.90. The molecule has 0 bridgehead atoms. The van der Waals surface area contributed by atoms with E-state index in [4.69, 9.17) is 0 Å². The molecule has 146 valence electrons. The van der Waals surface area contributed by atoms with Crippen molar-refractivity contribution in [2.45, 2.75) is 38.1 Å². The number of likely N-dealkylation sites (tertiary alicyclic amines) is 2. The fraction of sp³-hybridized carbons (Fsp3) is 0.609. The van der Waals surface area contributed by atoms with E-state index in [9.17, 15) is 4.79 Å². The Morgan fingerprint density at radius 1 is 0.963 bits per heavy atom. The second kappa shape index (κ2) is 9.03. The van der Waals surface area contributed by atoms with Gasteiger partial charge in [-0.3, -0.25) is 9.69 Å². The van der Waals surface area contributed by atoms with Gasteiger partial charge in [0.05, 0.1) is 5.92 Å². The van der Waals surface area contributed by atoms with Gasteiger partial charge in [0.25, 0.3) is 0 Å². The lowest BCUT2D eigenvalue weighted by atomic mass is 9.93. The molecule has 27 heavy (non-hydrogen) atoms. The van der Waals surface area contributed by atoms with E-state index in [0.717, 1.165) is 32.5 Å². The first-order valence-electron chi connectivity index (χ1n) is 10.7. The molecule has 2 saturated heterocycles. The van der Waals surface area contributed by atoms with Crippen LogP contribution in [0.3, 0.4) is 0 Å². The van der Waals surface area contributed by atoms with E-state index in [0.29, 0.717) is 11.9 Å². The van der Waals surface area contributed by atoms with Gasteiger partial charge in [-0.1, -0.05) is 42.5 Å². The zero-order chi connectivity index (χ0) is 18.5. The van der Waals surface area contributed by atoms with Gasteiger partial charge in [-0.15, -0.1) is 0 Å². The van der Waals surface area contributed by atoms with Crippen LogP contribution in [0.5, 0.6) is 0 Å². The molecule has 3 heterocycles. The number of piperidine rings is 2. The molecule has 3 aliphatic heterocycles. The SMILES string of the molecule is O=C(C1CCCN(C2CCN(CCc3ccccc3)CC2)C1)N1CC=CC1. The van der Waals surface area contributed by atoms with Gasteiger partial charge in [0.15, 0.2) is 0 Å². The molecule has 1 amide bonds. The van der Waals surface area contributed by atoms with Crippen molar-refractivity contribution in [1.29, 1.82) is 0 Å². The molecule has 0 aromatic heterocycles. The van der Waals surface area contributed by atoms with Gasteiger partial charge in [0, 0.05) is 32.2 Å². The zero-order valence-corrected chi connectivity index (χ0v) is 16.4. The minimum Gasteiger partial charge on any atom is -0.335 e. The molecule has 0 spiro atoms. The predicted molar refractivity (Wildman–Crippen MR) is 110 cm³/mol. The highest BCUT2D eigenvalue weighted by Crippen LogP contribution is 2.25. The third kappa shape index (κ3) is 4.80. The standard InChI is InChI=1S/C23H33N3O/c27-23(25-13-4-5-14-25)21-9-6-15-26(19-21)22-11-17-24(18-12-22)16-10-20-7-2-1-3-8-20/h1-5,7-8,21-22H,6,9-19H2. The van der Waals surface area contributed by atoms with E-state index < -0.39 is 0 Å². The van der Waals surface area contributed by atoms with E-state index in [1.165, 1.54) is 51.0 Å². The molecule has 4 heteroatoms. The van der Waals surface area contributed by atoms with E-state index in [1.807, 2.05) is 4.90 Å². The van der Waals surface area contributed by atoms with E-state index in [-0.39, 0.29) is 5.92 Å². The first kappa shape index (κ1) is 18.7. The number of carbonyl (C=O) groups is 1. The smallest absolute Gasteiger partial charge is 0.227 e. The second-order valence-corrected chi connectivity index (χ2v) is 8.36. The van der Waals surface area contributed by atoms with Crippen LogP contribution in [0.1, 0.15) is 31.2 Å². The Labute approximate surface area is 163 Å². The summed E-state index contributed by atoms with van der Waals surface area (Å²) in [6.07, 6.45) is 10.1. The third-order valence-corrected chi connectivity index (χ3v) is 6.57.